The predicted molar refractivity (Wildman–Crippen MR) is 64.9 cm³/mol. The van der Waals surface area contributed by atoms with Crippen molar-refractivity contribution in [1.82, 2.24) is 10.3 Å². The molecule has 0 spiro atoms. The van der Waals surface area contributed by atoms with Crippen molar-refractivity contribution >= 4 is 0 Å². The van der Waals surface area contributed by atoms with Crippen LogP contribution in [-0.2, 0) is 0 Å². The van der Waals surface area contributed by atoms with Crippen molar-refractivity contribution in [2.24, 2.45) is 17.8 Å². The monoisotopic (exact) mass is 234 g/mol. The highest BCUT2D eigenvalue weighted by Crippen LogP contribution is 2.57. The summed E-state index contributed by atoms with van der Waals surface area (Å²) >= 11 is 0. The van der Waals surface area contributed by atoms with Crippen LogP contribution in [-0.4, -0.2) is 11.5 Å². The second-order valence-corrected chi connectivity index (χ2v) is 5.42. The minimum Gasteiger partial charge on any atom is -0.310 e. The summed E-state index contributed by atoms with van der Waals surface area (Å²) in [6.45, 7) is 2.97. The number of halogens is 1. The van der Waals surface area contributed by atoms with Crippen molar-refractivity contribution in [3.8, 4) is 0 Å². The van der Waals surface area contributed by atoms with Crippen molar-refractivity contribution in [3.63, 3.8) is 0 Å². The van der Waals surface area contributed by atoms with Crippen LogP contribution in [0.4, 0.5) is 4.39 Å². The molecule has 1 N–H and O–H groups in total. The molecule has 0 saturated heterocycles. The highest BCUT2D eigenvalue weighted by molar-refractivity contribution is 5.20. The Morgan fingerprint density at radius 3 is 2.82 bits per heavy atom. The smallest absolute Gasteiger partial charge is 0.146 e. The second-order valence-electron chi connectivity index (χ2n) is 5.42. The maximum Gasteiger partial charge on any atom is 0.146 e. The Hall–Kier alpha value is -0.960. The molecule has 0 radical (unpaired) electrons. The topological polar surface area (TPSA) is 24.9 Å². The zero-order valence-corrected chi connectivity index (χ0v) is 10.2. The van der Waals surface area contributed by atoms with E-state index < -0.39 is 0 Å². The van der Waals surface area contributed by atoms with Gasteiger partial charge in [-0.15, -0.1) is 0 Å². The Kier molecular flexibility index (Phi) is 2.87. The summed E-state index contributed by atoms with van der Waals surface area (Å²) in [6, 6.07) is 2.00. The van der Waals surface area contributed by atoms with E-state index >= 15 is 0 Å². The summed E-state index contributed by atoms with van der Waals surface area (Å²) in [5.41, 5.74) is 0.799. The number of hydrogen-bond acceptors (Lipinski definition) is 2. The quantitative estimate of drug-likeness (QED) is 0.866. The molecule has 0 aromatic carbocycles. The highest BCUT2D eigenvalue weighted by atomic mass is 19.1. The van der Waals surface area contributed by atoms with E-state index in [1.54, 1.807) is 6.20 Å². The molecule has 2 aliphatic rings. The van der Waals surface area contributed by atoms with Gasteiger partial charge in [-0.25, -0.2) is 4.39 Å². The summed E-state index contributed by atoms with van der Waals surface area (Å²) in [5, 5.41) is 3.46. The van der Waals surface area contributed by atoms with Gasteiger partial charge in [0.15, 0.2) is 0 Å². The summed E-state index contributed by atoms with van der Waals surface area (Å²) in [7, 11) is 0. The number of nitrogens with one attached hydrogen (secondary N) is 1. The largest absolute Gasteiger partial charge is 0.310 e. The first kappa shape index (κ1) is 11.1. The fourth-order valence-electron chi connectivity index (χ4n) is 3.42. The Morgan fingerprint density at radius 1 is 1.41 bits per heavy atom. The summed E-state index contributed by atoms with van der Waals surface area (Å²) in [5.74, 6) is 2.31. The molecule has 3 heteroatoms. The van der Waals surface area contributed by atoms with Gasteiger partial charge in [-0.1, -0.05) is 6.92 Å². The van der Waals surface area contributed by atoms with Crippen LogP contribution >= 0.6 is 0 Å². The number of rotatable bonds is 4. The third-order valence-corrected chi connectivity index (χ3v) is 4.31. The molecule has 92 valence electrons. The van der Waals surface area contributed by atoms with E-state index in [2.05, 4.69) is 17.2 Å². The molecule has 0 aliphatic heterocycles. The lowest BCUT2D eigenvalue weighted by atomic mass is 9.89. The maximum absolute atomic E-state index is 13.8. The van der Waals surface area contributed by atoms with Crippen LogP contribution in [0, 0.1) is 23.6 Å². The first-order valence-electron chi connectivity index (χ1n) is 6.62. The fraction of sp³-hybridized carbons (Fsp3) is 0.643. The molecule has 2 saturated carbocycles. The van der Waals surface area contributed by atoms with E-state index in [-0.39, 0.29) is 11.9 Å². The van der Waals surface area contributed by atoms with E-state index in [4.69, 9.17) is 0 Å². The van der Waals surface area contributed by atoms with Crippen LogP contribution in [0.3, 0.4) is 0 Å². The van der Waals surface area contributed by atoms with Gasteiger partial charge in [0.2, 0.25) is 0 Å². The van der Waals surface area contributed by atoms with Crippen LogP contribution in [0.1, 0.15) is 37.8 Å². The van der Waals surface area contributed by atoms with Crippen molar-refractivity contribution in [2.75, 3.05) is 6.54 Å². The van der Waals surface area contributed by atoms with Crippen LogP contribution < -0.4 is 5.32 Å². The van der Waals surface area contributed by atoms with Gasteiger partial charge < -0.3 is 5.32 Å². The summed E-state index contributed by atoms with van der Waals surface area (Å²) < 4.78 is 13.8. The Balaban J connectivity index is 1.81. The number of pyridine rings is 1. The SMILES string of the molecule is CCNC(c1ccncc1F)C1CC2CC2C1. The highest BCUT2D eigenvalue weighted by Gasteiger charge is 2.48. The van der Waals surface area contributed by atoms with Gasteiger partial charge >= 0.3 is 0 Å². The maximum atomic E-state index is 13.8. The Labute approximate surface area is 102 Å². The van der Waals surface area contributed by atoms with Gasteiger partial charge in [0.05, 0.1) is 6.20 Å². The van der Waals surface area contributed by atoms with E-state index in [1.807, 2.05) is 6.07 Å². The number of nitrogens with zero attached hydrogens (tertiary/aromatic N) is 1. The molecule has 0 amide bonds. The van der Waals surface area contributed by atoms with Crippen molar-refractivity contribution in [2.45, 2.75) is 32.2 Å². The lowest BCUT2D eigenvalue weighted by Gasteiger charge is -2.26. The number of fused-ring (bicyclic) bond motifs is 1. The molecular weight excluding hydrogens is 215 g/mol. The van der Waals surface area contributed by atoms with Crippen LogP contribution in [0.2, 0.25) is 0 Å². The van der Waals surface area contributed by atoms with Gasteiger partial charge in [0.25, 0.3) is 0 Å². The second kappa shape index (κ2) is 4.37. The van der Waals surface area contributed by atoms with Crippen LogP contribution in [0.25, 0.3) is 0 Å². The molecule has 17 heavy (non-hydrogen) atoms. The standard InChI is InChI=1S/C14H19FN2/c1-2-17-14(11-6-9-5-10(9)7-11)12-3-4-16-8-13(12)15/h3-4,8-11,14,17H,2,5-7H2,1H3. The Bertz CT molecular complexity index is 397. The van der Waals surface area contributed by atoms with Gasteiger partial charge in [-0.3, -0.25) is 4.98 Å². The first-order valence-corrected chi connectivity index (χ1v) is 6.62. The Morgan fingerprint density at radius 2 is 2.18 bits per heavy atom. The average molecular weight is 234 g/mol. The van der Waals surface area contributed by atoms with E-state index in [1.165, 1.54) is 25.5 Å². The van der Waals surface area contributed by atoms with Crippen molar-refractivity contribution < 1.29 is 4.39 Å². The third kappa shape index (κ3) is 2.08. The number of hydrogen-bond donors (Lipinski definition) is 1. The van der Waals surface area contributed by atoms with Gasteiger partial charge in [0.1, 0.15) is 5.82 Å². The van der Waals surface area contributed by atoms with E-state index in [0.717, 1.165) is 23.9 Å². The number of aromatic nitrogens is 1. The fourth-order valence-corrected chi connectivity index (χ4v) is 3.42. The summed E-state index contributed by atoms with van der Waals surface area (Å²) in [6.07, 6.45) is 6.97. The molecule has 2 aliphatic carbocycles. The van der Waals surface area contributed by atoms with Crippen molar-refractivity contribution in [1.29, 1.82) is 0 Å². The molecule has 1 aromatic rings. The normalized spacial score (nSPS) is 32.2. The molecule has 3 unspecified atom stereocenters. The lowest BCUT2D eigenvalue weighted by Crippen LogP contribution is -2.28. The van der Waals surface area contributed by atoms with Crippen molar-refractivity contribution in [3.05, 3.63) is 29.8 Å². The molecule has 3 atom stereocenters. The van der Waals surface area contributed by atoms with E-state index in [0.29, 0.717) is 5.92 Å². The first-order chi connectivity index (χ1) is 8.29. The summed E-state index contributed by atoms with van der Waals surface area (Å²) in [4.78, 5) is 3.84. The molecule has 2 fully saturated rings. The zero-order chi connectivity index (χ0) is 11.8. The zero-order valence-electron chi connectivity index (χ0n) is 10.2. The molecular formula is C14H19FN2. The molecule has 0 bridgehead atoms. The average Bonchev–Trinajstić information content (AvgIpc) is 2.95. The van der Waals surface area contributed by atoms with Crippen LogP contribution in [0.5, 0.6) is 0 Å². The third-order valence-electron chi connectivity index (χ3n) is 4.31. The minimum absolute atomic E-state index is 0.168. The van der Waals surface area contributed by atoms with Crippen LogP contribution in [0.15, 0.2) is 18.5 Å². The van der Waals surface area contributed by atoms with E-state index in [9.17, 15) is 4.39 Å². The van der Waals surface area contributed by atoms with Gasteiger partial charge in [-0.05, 0) is 49.6 Å². The lowest BCUT2D eigenvalue weighted by molar-refractivity contribution is 0.337. The molecule has 1 heterocycles. The predicted octanol–water partition coefficient (Wildman–Crippen LogP) is 2.92. The minimum atomic E-state index is -0.168. The molecule has 2 nitrogen and oxygen atoms in total. The van der Waals surface area contributed by atoms with Gasteiger partial charge in [-0.2, -0.15) is 0 Å². The molecule has 1 aromatic heterocycles. The molecule has 3 rings (SSSR count). The van der Waals surface area contributed by atoms with Gasteiger partial charge in [0, 0.05) is 17.8 Å².